The third-order valence-corrected chi connectivity index (χ3v) is 3.51. The number of aryl methyl sites for hydroxylation is 1. The van der Waals surface area contributed by atoms with Gasteiger partial charge in [0.2, 0.25) is 0 Å². The van der Waals surface area contributed by atoms with Crippen LogP contribution in [0.1, 0.15) is 76.4 Å². The van der Waals surface area contributed by atoms with Gasteiger partial charge >= 0.3 is 0 Å². The van der Waals surface area contributed by atoms with Crippen LogP contribution in [-0.2, 0) is 12.7 Å². The van der Waals surface area contributed by atoms with E-state index in [1.54, 1.807) is 0 Å². The quantitative estimate of drug-likeness (QED) is 0.542. The fraction of sp³-hybridized carbons (Fsp3) is 0.524. The molecule has 0 radical (unpaired) electrons. The molecule has 0 bridgehead atoms. The molecule has 0 amide bonds. The van der Waals surface area contributed by atoms with Gasteiger partial charge in [0.15, 0.2) is 0 Å². The Hall–Kier alpha value is -1.70. The molecule has 1 aromatic carbocycles. The summed E-state index contributed by atoms with van der Waals surface area (Å²) < 4.78 is 32.9. The van der Waals surface area contributed by atoms with E-state index in [0.29, 0.717) is 12.8 Å². The third kappa shape index (κ3) is 7.40. The SMILES string of the molecule is [2H]C([2H])(/C=C(\C)CCC=C(C)C)c1c(O)cc(C([2H])([2H])CCCC)cc1O. The summed E-state index contributed by atoms with van der Waals surface area (Å²) in [4.78, 5) is 0. The van der Waals surface area contributed by atoms with E-state index in [1.807, 2.05) is 27.7 Å². The number of hydrogen-bond acceptors (Lipinski definition) is 2. The highest BCUT2D eigenvalue weighted by atomic mass is 16.3. The van der Waals surface area contributed by atoms with Crippen molar-refractivity contribution >= 4 is 0 Å². The van der Waals surface area contributed by atoms with Crippen molar-refractivity contribution in [3.05, 3.63) is 46.6 Å². The molecule has 2 N–H and O–H groups in total. The Labute approximate surface area is 147 Å². The number of rotatable bonds is 9. The van der Waals surface area contributed by atoms with Crippen molar-refractivity contribution in [1.82, 2.24) is 0 Å². The van der Waals surface area contributed by atoms with Gasteiger partial charge in [0.1, 0.15) is 11.5 Å². The van der Waals surface area contributed by atoms with E-state index in [9.17, 15) is 10.2 Å². The highest BCUT2D eigenvalue weighted by molar-refractivity contribution is 5.47. The molecule has 0 saturated heterocycles. The molecule has 1 rings (SSSR count). The molecular formula is C21H32O2. The smallest absolute Gasteiger partial charge is 0.123 e. The number of benzene rings is 1. The predicted octanol–water partition coefficient (Wildman–Crippen LogP) is 6.07. The number of phenolic OH excluding ortho intramolecular Hbond substituents is 2. The molecule has 0 unspecified atom stereocenters. The normalized spacial score (nSPS) is 15.4. The van der Waals surface area contributed by atoms with Crippen LogP contribution in [0.25, 0.3) is 0 Å². The maximum atomic E-state index is 10.4. The van der Waals surface area contributed by atoms with Crippen LogP contribution >= 0.6 is 0 Å². The second-order valence-electron chi connectivity index (χ2n) is 6.13. The average molecular weight is 321 g/mol. The molecule has 0 atom stereocenters. The fourth-order valence-corrected chi connectivity index (χ4v) is 2.13. The standard InChI is InChI=1S/C21H32O2/c1-5-6-7-11-18-14-20(22)19(21(23)15-18)13-12-17(4)10-8-9-16(2)3/h9,12,14-15,22-23H,5-8,10-11,13H2,1-4H3/b17-12+/i11D2,13D2. The van der Waals surface area contributed by atoms with Crippen LogP contribution in [0.4, 0.5) is 0 Å². The molecule has 1 aromatic rings. The van der Waals surface area contributed by atoms with Gasteiger partial charge in [-0.15, -0.1) is 0 Å². The molecular weight excluding hydrogens is 284 g/mol. The van der Waals surface area contributed by atoms with Crippen LogP contribution in [0.2, 0.25) is 0 Å². The highest BCUT2D eigenvalue weighted by Crippen LogP contribution is 2.30. The van der Waals surface area contributed by atoms with E-state index in [4.69, 9.17) is 5.48 Å². The lowest BCUT2D eigenvalue weighted by atomic mass is 10.0. The average Bonchev–Trinajstić information content (AvgIpc) is 2.51. The Morgan fingerprint density at radius 1 is 1.09 bits per heavy atom. The van der Waals surface area contributed by atoms with E-state index < -0.39 is 24.2 Å². The van der Waals surface area contributed by atoms with Crippen LogP contribution in [-0.4, -0.2) is 10.2 Å². The van der Waals surface area contributed by atoms with E-state index in [-0.39, 0.29) is 17.5 Å². The minimum Gasteiger partial charge on any atom is -0.508 e. The van der Waals surface area contributed by atoms with E-state index >= 15 is 0 Å². The topological polar surface area (TPSA) is 40.5 Å². The van der Waals surface area contributed by atoms with Crippen molar-refractivity contribution in [3.8, 4) is 11.5 Å². The molecule has 0 aliphatic rings. The third-order valence-electron chi connectivity index (χ3n) is 3.51. The Morgan fingerprint density at radius 2 is 1.74 bits per heavy atom. The first-order chi connectivity index (χ1) is 12.4. The first kappa shape index (κ1) is 13.7. The minimum absolute atomic E-state index is 0.162. The summed E-state index contributed by atoms with van der Waals surface area (Å²) >= 11 is 0. The maximum absolute atomic E-state index is 10.4. The van der Waals surface area contributed by atoms with Gasteiger partial charge in [-0.3, -0.25) is 0 Å². The number of unbranched alkanes of at least 4 members (excludes halogenated alkanes) is 1. The number of hydrogen-bond donors (Lipinski definition) is 2. The molecule has 2 nitrogen and oxygen atoms in total. The Morgan fingerprint density at radius 3 is 2.30 bits per heavy atom. The molecule has 0 spiro atoms. The molecule has 2 heteroatoms. The minimum atomic E-state index is -2.06. The monoisotopic (exact) mass is 320 g/mol. The first-order valence-electron chi connectivity index (χ1n) is 10.3. The summed E-state index contributed by atoms with van der Waals surface area (Å²) in [7, 11) is 0. The van der Waals surface area contributed by atoms with Crippen molar-refractivity contribution in [2.75, 3.05) is 0 Å². The Balaban J connectivity index is 3.16. The van der Waals surface area contributed by atoms with Gasteiger partial charge in [-0.1, -0.05) is 43.1 Å². The van der Waals surface area contributed by atoms with Crippen molar-refractivity contribution < 1.29 is 15.7 Å². The van der Waals surface area contributed by atoms with Crippen molar-refractivity contribution in [3.63, 3.8) is 0 Å². The largest absolute Gasteiger partial charge is 0.508 e. The number of aromatic hydroxyl groups is 2. The molecule has 0 aliphatic carbocycles. The first-order valence-corrected chi connectivity index (χ1v) is 8.29. The van der Waals surface area contributed by atoms with E-state index in [2.05, 4.69) is 6.08 Å². The summed E-state index contributed by atoms with van der Waals surface area (Å²) in [6, 6.07) is 2.46. The highest BCUT2D eigenvalue weighted by Gasteiger charge is 2.09. The second kappa shape index (κ2) is 10.1. The van der Waals surface area contributed by atoms with Crippen molar-refractivity contribution in [2.24, 2.45) is 0 Å². The van der Waals surface area contributed by atoms with Crippen LogP contribution < -0.4 is 0 Å². The summed E-state index contributed by atoms with van der Waals surface area (Å²) in [6.45, 7) is 7.81. The van der Waals surface area contributed by atoms with Crippen LogP contribution in [0, 0.1) is 0 Å². The zero-order valence-corrected chi connectivity index (χ0v) is 14.7. The number of allylic oxidation sites excluding steroid dienone is 4. The van der Waals surface area contributed by atoms with Gasteiger partial charge < -0.3 is 10.2 Å². The van der Waals surface area contributed by atoms with Gasteiger partial charge in [-0.05, 0) is 70.5 Å². The van der Waals surface area contributed by atoms with Crippen molar-refractivity contribution in [2.45, 2.75) is 72.5 Å². The Kier molecular flexibility index (Phi) is 6.05. The lowest BCUT2D eigenvalue weighted by Crippen LogP contribution is -1.91. The fourth-order valence-electron chi connectivity index (χ4n) is 2.13. The molecule has 0 aliphatic heterocycles. The second-order valence-corrected chi connectivity index (χ2v) is 6.13. The maximum Gasteiger partial charge on any atom is 0.123 e. The van der Waals surface area contributed by atoms with E-state index in [1.165, 1.54) is 23.8 Å². The van der Waals surface area contributed by atoms with Gasteiger partial charge in [0, 0.05) is 11.0 Å². The zero-order chi connectivity index (χ0) is 20.8. The van der Waals surface area contributed by atoms with Crippen LogP contribution in [0.5, 0.6) is 11.5 Å². The van der Waals surface area contributed by atoms with Crippen LogP contribution in [0.15, 0.2) is 35.4 Å². The molecule has 0 fully saturated rings. The summed E-state index contributed by atoms with van der Waals surface area (Å²) in [5, 5.41) is 20.7. The predicted molar refractivity (Wildman–Crippen MR) is 99.1 cm³/mol. The van der Waals surface area contributed by atoms with E-state index in [0.717, 1.165) is 18.4 Å². The van der Waals surface area contributed by atoms with Gasteiger partial charge in [0.05, 0.1) is 0 Å². The summed E-state index contributed by atoms with van der Waals surface area (Å²) in [5.41, 5.74) is 1.96. The van der Waals surface area contributed by atoms with Crippen LogP contribution in [0.3, 0.4) is 0 Å². The summed E-state index contributed by atoms with van der Waals surface area (Å²) in [6.07, 6.45) is 3.03. The Bertz CT molecular complexity index is 679. The van der Waals surface area contributed by atoms with Crippen molar-refractivity contribution in [1.29, 1.82) is 0 Å². The van der Waals surface area contributed by atoms with Gasteiger partial charge in [-0.25, -0.2) is 0 Å². The molecule has 23 heavy (non-hydrogen) atoms. The zero-order valence-electron chi connectivity index (χ0n) is 18.7. The molecule has 128 valence electrons. The summed E-state index contributed by atoms with van der Waals surface area (Å²) in [5.74, 6) is -0.854. The van der Waals surface area contributed by atoms with Gasteiger partial charge in [-0.2, -0.15) is 0 Å². The van der Waals surface area contributed by atoms with Gasteiger partial charge in [0.25, 0.3) is 0 Å². The molecule has 0 heterocycles. The lowest BCUT2D eigenvalue weighted by Gasteiger charge is -2.09. The molecule has 0 aromatic heterocycles. The lowest BCUT2D eigenvalue weighted by molar-refractivity contribution is 0.439. The molecule has 0 saturated carbocycles. The number of phenols is 2.